The van der Waals surface area contributed by atoms with Gasteiger partial charge in [-0.2, -0.15) is 0 Å². The van der Waals surface area contributed by atoms with Crippen LogP contribution in [0.3, 0.4) is 0 Å². The second-order valence-corrected chi connectivity index (χ2v) is 5.80. The zero-order valence-corrected chi connectivity index (χ0v) is 14.5. The number of aliphatic carboxylic acids is 1. The van der Waals surface area contributed by atoms with Crippen molar-refractivity contribution in [2.75, 3.05) is 13.1 Å². The van der Waals surface area contributed by atoms with E-state index in [0.717, 1.165) is 0 Å². The van der Waals surface area contributed by atoms with Crippen molar-refractivity contribution in [2.45, 2.75) is 58.4 Å². The lowest BCUT2D eigenvalue weighted by Gasteiger charge is -2.19. The predicted octanol–water partition coefficient (Wildman–Crippen LogP) is 0.196. The van der Waals surface area contributed by atoms with Gasteiger partial charge in [-0.1, -0.05) is 13.8 Å². The highest BCUT2D eigenvalue weighted by Crippen LogP contribution is 2.09. The molecule has 2 amide bonds. The van der Waals surface area contributed by atoms with Gasteiger partial charge in [0, 0.05) is 18.9 Å². The molecule has 8 nitrogen and oxygen atoms in total. The standard InChI is InChI=1S/C16H29N3O5/c1-3-10-18-16(24)14(22)12(6-4-5-9-17)19-15(23)11(2)7-8-13(20)21/h11-12H,3-10,17H2,1-2H3,(H,18,24)(H,19,23)(H,20,21). The van der Waals surface area contributed by atoms with Crippen molar-refractivity contribution in [3.8, 4) is 0 Å². The Morgan fingerprint density at radius 1 is 1.12 bits per heavy atom. The van der Waals surface area contributed by atoms with Crippen LogP contribution in [0.2, 0.25) is 0 Å². The summed E-state index contributed by atoms with van der Waals surface area (Å²) in [6, 6.07) is -0.909. The number of unbranched alkanes of at least 4 members (excludes halogenated alkanes) is 1. The largest absolute Gasteiger partial charge is 0.481 e. The van der Waals surface area contributed by atoms with Crippen LogP contribution in [-0.4, -0.2) is 47.8 Å². The summed E-state index contributed by atoms with van der Waals surface area (Å²) in [5.74, 6) is -3.35. The fourth-order valence-electron chi connectivity index (χ4n) is 2.03. The number of carbonyl (C=O) groups excluding carboxylic acids is 3. The summed E-state index contributed by atoms with van der Waals surface area (Å²) in [6.45, 7) is 4.32. The van der Waals surface area contributed by atoms with E-state index in [1.165, 1.54) is 0 Å². The number of hydrogen-bond acceptors (Lipinski definition) is 5. The highest BCUT2D eigenvalue weighted by molar-refractivity contribution is 6.38. The molecule has 2 unspecified atom stereocenters. The SMILES string of the molecule is CCCNC(=O)C(=O)C(CCCCN)NC(=O)C(C)CCC(=O)O. The summed E-state index contributed by atoms with van der Waals surface area (Å²) < 4.78 is 0. The topological polar surface area (TPSA) is 139 Å². The third kappa shape index (κ3) is 9.24. The maximum Gasteiger partial charge on any atom is 0.303 e. The summed E-state index contributed by atoms with van der Waals surface area (Å²) in [5.41, 5.74) is 5.43. The lowest BCUT2D eigenvalue weighted by Crippen LogP contribution is -2.49. The number of rotatable bonds is 13. The normalized spacial score (nSPS) is 13.0. The summed E-state index contributed by atoms with van der Waals surface area (Å²) in [6.07, 6.45) is 2.37. The lowest BCUT2D eigenvalue weighted by atomic mass is 10.0. The molecule has 0 aliphatic heterocycles. The molecule has 0 radical (unpaired) electrons. The third-order valence-electron chi connectivity index (χ3n) is 3.58. The summed E-state index contributed by atoms with van der Waals surface area (Å²) >= 11 is 0. The summed E-state index contributed by atoms with van der Waals surface area (Å²) in [7, 11) is 0. The minimum absolute atomic E-state index is 0.128. The Morgan fingerprint density at radius 2 is 1.79 bits per heavy atom. The molecular formula is C16H29N3O5. The fraction of sp³-hybridized carbons (Fsp3) is 0.750. The van der Waals surface area contributed by atoms with E-state index < -0.39 is 35.5 Å². The molecule has 0 saturated heterocycles. The Hall–Kier alpha value is -1.96. The summed E-state index contributed by atoms with van der Waals surface area (Å²) in [5, 5.41) is 13.7. The molecule has 0 saturated carbocycles. The number of nitrogens with two attached hydrogens (primary N) is 1. The zero-order chi connectivity index (χ0) is 18.5. The molecule has 8 heteroatoms. The van der Waals surface area contributed by atoms with Crippen molar-refractivity contribution in [2.24, 2.45) is 11.7 Å². The smallest absolute Gasteiger partial charge is 0.303 e. The quantitative estimate of drug-likeness (QED) is 0.278. The molecule has 2 atom stereocenters. The average Bonchev–Trinajstić information content (AvgIpc) is 2.55. The molecule has 0 heterocycles. The second-order valence-electron chi connectivity index (χ2n) is 5.80. The van der Waals surface area contributed by atoms with Crippen LogP contribution in [0, 0.1) is 5.92 Å². The first-order valence-corrected chi connectivity index (χ1v) is 8.37. The first-order chi connectivity index (χ1) is 11.3. The lowest BCUT2D eigenvalue weighted by molar-refractivity contribution is -0.140. The van der Waals surface area contributed by atoms with E-state index in [-0.39, 0.29) is 12.8 Å². The zero-order valence-electron chi connectivity index (χ0n) is 14.5. The van der Waals surface area contributed by atoms with Gasteiger partial charge in [0.15, 0.2) is 0 Å². The van der Waals surface area contributed by atoms with E-state index in [1.807, 2.05) is 6.92 Å². The third-order valence-corrected chi connectivity index (χ3v) is 3.58. The number of nitrogens with one attached hydrogen (secondary N) is 2. The minimum Gasteiger partial charge on any atom is -0.481 e. The van der Waals surface area contributed by atoms with Crippen molar-refractivity contribution in [1.82, 2.24) is 10.6 Å². The molecule has 24 heavy (non-hydrogen) atoms. The van der Waals surface area contributed by atoms with Gasteiger partial charge in [0.2, 0.25) is 11.7 Å². The first-order valence-electron chi connectivity index (χ1n) is 8.37. The van der Waals surface area contributed by atoms with Crippen LogP contribution in [0.5, 0.6) is 0 Å². The van der Waals surface area contributed by atoms with E-state index in [9.17, 15) is 19.2 Å². The summed E-state index contributed by atoms with van der Waals surface area (Å²) in [4.78, 5) is 46.7. The van der Waals surface area contributed by atoms with Crippen molar-refractivity contribution < 1.29 is 24.3 Å². The van der Waals surface area contributed by atoms with Crippen molar-refractivity contribution >= 4 is 23.6 Å². The van der Waals surface area contributed by atoms with Crippen LogP contribution < -0.4 is 16.4 Å². The maximum absolute atomic E-state index is 12.2. The van der Waals surface area contributed by atoms with Gasteiger partial charge in [-0.3, -0.25) is 19.2 Å². The van der Waals surface area contributed by atoms with Crippen LogP contribution in [-0.2, 0) is 19.2 Å². The van der Waals surface area contributed by atoms with Gasteiger partial charge in [0.1, 0.15) is 0 Å². The van der Waals surface area contributed by atoms with E-state index in [4.69, 9.17) is 10.8 Å². The minimum atomic E-state index is -0.982. The Labute approximate surface area is 142 Å². The molecule has 0 aromatic heterocycles. The Morgan fingerprint density at radius 3 is 2.33 bits per heavy atom. The highest BCUT2D eigenvalue weighted by atomic mass is 16.4. The molecule has 0 aliphatic rings. The molecule has 0 aliphatic carbocycles. The number of carboxylic acid groups (broad SMARTS) is 1. The van der Waals surface area contributed by atoms with E-state index in [2.05, 4.69) is 10.6 Å². The van der Waals surface area contributed by atoms with Gasteiger partial charge in [0.25, 0.3) is 5.91 Å². The first kappa shape index (κ1) is 22.0. The van der Waals surface area contributed by atoms with E-state index in [0.29, 0.717) is 38.8 Å². The average molecular weight is 343 g/mol. The number of Topliss-reactive ketones (excluding diaryl/α,β-unsaturated/α-hetero) is 1. The molecular weight excluding hydrogens is 314 g/mol. The van der Waals surface area contributed by atoms with Gasteiger partial charge in [-0.25, -0.2) is 0 Å². The number of carboxylic acids is 1. The number of amides is 2. The van der Waals surface area contributed by atoms with Crippen LogP contribution in [0.15, 0.2) is 0 Å². The molecule has 0 fully saturated rings. The molecule has 138 valence electrons. The van der Waals surface area contributed by atoms with Crippen LogP contribution >= 0.6 is 0 Å². The molecule has 0 rings (SSSR count). The molecule has 5 N–H and O–H groups in total. The van der Waals surface area contributed by atoms with Crippen molar-refractivity contribution in [1.29, 1.82) is 0 Å². The number of hydrogen-bond donors (Lipinski definition) is 4. The Balaban J connectivity index is 4.74. The monoisotopic (exact) mass is 343 g/mol. The second kappa shape index (κ2) is 12.5. The maximum atomic E-state index is 12.2. The van der Waals surface area contributed by atoms with Gasteiger partial charge >= 0.3 is 5.97 Å². The van der Waals surface area contributed by atoms with Crippen LogP contribution in [0.25, 0.3) is 0 Å². The molecule has 0 bridgehead atoms. The van der Waals surface area contributed by atoms with Crippen molar-refractivity contribution in [3.63, 3.8) is 0 Å². The fourth-order valence-corrected chi connectivity index (χ4v) is 2.03. The molecule has 0 spiro atoms. The number of ketones is 1. The molecule has 0 aromatic carbocycles. The van der Waals surface area contributed by atoms with Crippen LogP contribution in [0.4, 0.5) is 0 Å². The van der Waals surface area contributed by atoms with E-state index in [1.54, 1.807) is 6.92 Å². The van der Waals surface area contributed by atoms with E-state index >= 15 is 0 Å². The highest BCUT2D eigenvalue weighted by Gasteiger charge is 2.27. The predicted molar refractivity (Wildman–Crippen MR) is 89.2 cm³/mol. The number of carbonyl (C=O) groups is 4. The van der Waals surface area contributed by atoms with Crippen LogP contribution in [0.1, 0.15) is 52.4 Å². The van der Waals surface area contributed by atoms with Crippen molar-refractivity contribution in [3.05, 3.63) is 0 Å². The van der Waals surface area contributed by atoms with Gasteiger partial charge in [-0.15, -0.1) is 0 Å². The Kier molecular flexibility index (Phi) is 11.4. The van der Waals surface area contributed by atoms with Gasteiger partial charge in [-0.05, 0) is 38.6 Å². The Bertz CT molecular complexity index is 439. The molecule has 0 aromatic rings. The van der Waals surface area contributed by atoms with Gasteiger partial charge < -0.3 is 21.5 Å². The van der Waals surface area contributed by atoms with Gasteiger partial charge in [0.05, 0.1) is 6.04 Å².